The van der Waals surface area contributed by atoms with Crippen LogP contribution in [0, 0.1) is 0 Å². The maximum absolute atomic E-state index is 12.7. The Morgan fingerprint density at radius 2 is 2.20 bits per heavy atom. The number of likely N-dealkylation sites (N-methyl/N-ethyl adjacent to an activating group) is 1. The van der Waals surface area contributed by atoms with Gasteiger partial charge in [0.25, 0.3) is 0 Å². The van der Waals surface area contributed by atoms with Crippen LogP contribution in [0.25, 0.3) is 0 Å². The normalized spacial score (nSPS) is 21.1. The minimum absolute atomic E-state index is 0.282. The Morgan fingerprint density at radius 1 is 1.45 bits per heavy atom. The summed E-state index contributed by atoms with van der Waals surface area (Å²) >= 11 is 0. The summed E-state index contributed by atoms with van der Waals surface area (Å²) in [4.78, 5) is 6.45. The van der Waals surface area contributed by atoms with Crippen molar-refractivity contribution in [2.24, 2.45) is 0 Å². The van der Waals surface area contributed by atoms with E-state index in [1.54, 1.807) is 23.5 Å². The van der Waals surface area contributed by atoms with Crippen molar-refractivity contribution in [2.75, 3.05) is 39.5 Å². The molecule has 1 fully saturated rings. The van der Waals surface area contributed by atoms with Crippen LogP contribution in [-0.2, 0) is 10.0 Å². The molecule has 1 atom stereocenters. The zero-order chi connectivity index (χ0) is 14.8. The van der Waals surface area contributed by atoms with E-state index in [9.17, 15) is 8.42 Å². The molecule has 0 aliphatic carbocycles. The van der Waals surface area contributed by atoms with Crippen molar-refractivity contribution < 1.29 is 8.42 Å². The van der Waals surface area contributed by atoms with E-state index in [-0.39, 0.29) is 6.04 Å². The summed E-state index contributed by atoms with van der Waals surface area (Å²) in [5.74, 6) is 0.562. The van der Waals surface area contributed by atoms with Crippen LogP contribution in [0.2, 0.25) is 0 Å². The number of rotatable bonds is 4. The minimum atomic E-state index is -3.43. The van der Waals surface area contributed by atoms with Crippen molar-refractivity contribution in [1.29, 1.82) is 0 Å². The lowest BCUT2D eigenvalue weighted by atomic mass is 10.1. The molecule has 20 heavy (non-hydrogen) atoms. The molecular weight excluding hydrogens is 276 g/mol. The molecule has 1 aromatic rings. The minimum Gasteiger partial charge on any atom is -0.373 e. The van der Waals surface area contributed by atoms with E-state index < -0.39 is 10.0 Å². The molecule has 1 aliphatic heterocycles. The zero-order valence-corrected chi connectivity index (χ0v) is 13.0. The van der Waals surface area contributed by atoms with E-state index in [0.717, 1.165) is 12.8 Å². The summed E-state index contributed by atoms with van der Waals surface area (Å²) in [6.45, 7) is 1.14. The number of nitrogens with one attached hydrogen (secondary N) is 1. The van der Waals surface area contributed by atoms with E-state index in [2.05, 4.69) is 15.2 Å². The molecule has 1 unspecified atom stereocenters. The third-order valence-corrected chi connectivity index (χ3v) is 5.58. The number of piperidine rings is 1. The third-order valence-electron chi connectivity index (χ3n) is 3.71. The maximum Gasteiger partial charge on any atom is 0.243 e. The molecule has 1 saturated heterocycles. The Morgan fingerprint density at radius 3 is 2.85 bits per heavy atom. The smallest absolute Gasteiger partial charge is 0.243 e. The summed E-state index contributed by atoms with van der Waals surface area (Å²) in [6.07, 6.45) is 3.45. The molecular formula is C13H22N4O2S. The van der Waals surface area contributed by atoms with Crippen LogP contribution in [0.5, 0.6) is 0 Å². The molecule has 112 valence electrons. The highest BCUT2D eigenvalue weighted by molar-refractivity contribution is 7.89. The van der Waals surface area contributed by atoms with Gasteiger partial charge in [0.05, 0.1) is 4.90 Å². The van der Waals surface area contributed by atoms with Gasteiger partial charge in [-0.15, -0.1) is 0 Å². The molecule has 1 N–H and O–H groups in total. The van der Waals surface area contributed by atoms with Gasteiger partial charge in [0, 0.05) is 38.4 Å². The molecule has 0 spiro atoms. The van der Waals surface area contributed by atoms with Gasteiger partial charge >= 0.3 is 0 Å². The van der Waals surface area contributed by atoms with E-state index in [4.69, 9.17) is 0 Å². The Hall–Kier alpha value is -1.18. The molecule has 0 bridgehead atoms. The molecule has 0 radical (unpaired) electrons. The van der Waals surface area contributed by atoms with Crippen LogP contribution in [-0.4, -0.2) is 62.9 Å². The summed E-state index contributed by atoms with van der Waals surface area (Å²) in [5, 5.41) is 2.87. The van der Waals surface area contributed by atoms with Crippen LogP contribution < -0.4 is 5.32 Å². The lowest BCUT2D eigenvalue weighted by Gasteiger charge is -2.35. The van der Waals surface area contributed by atoms with Gasteiger partial charge in [-0.2, -0.15) is 4.31 Å². The van der Waals surface area contributed by atoms with Crippen LogP contribution in [0.3, 0.4) is 0 Å². The number of anilines is 1. The fourth-order valence-corrected chi connectivity index (χ4v) is 3.95. The Labute approximate surface area is 120 Å². The monoisotopic (exact) mass is 298 g/mol. The Kier molecular flexibility index (Phi) is 4.62. The fourth-order valence-electron chi connectivity index (χ4n) is 2.42. The first kappa shape index (κ1) is 15.2. The van der Waals surface area contributed by atoms with Gasteiger partial charge in [-0.05, 0) is 33.0 Å². The molecule has 6 nitrogen and oxygen atoms in total. The Balaban J connectivity index is 2.25. The van der Waals surface area contributed by atoms with Crippen LogP contribution >= 0.6 is 0 Å². The van der Waals surface area contributed by atoms with Gasteiger partial charge in [0.1, 0.15) is 5.82 Å². The summed E-state index contributed by atoms with van der Waals surface area (Å²) in [6, 6.07) is 3.41. The summed E-state index contributed by atoms with van der Waals surface area (Å²) < 4.78 is 26.9. The van der Waals surface area contributed by atoms with Crippen molar-refractivity contribution in [1.82, 2.24) is 14.2 Å². The number of nitrogens with zero attached hydrogens (tertiary/aromatic N) is 3. The number of aromatic nitrogens is 1. The second-order valence-electron chi connectivity index (χ2n) is 5.25. The van der Waals surface area contributed by atoms with Gasteiger partial charge in [-0.1, -0.05) is 0 Å². The quantitative estimate of drug-likeness (QED) is 0.892. The van der Waals surface area contributed by atoms with Crippen LogP contribution in [0.4, 0.5) is 5.82 Å². The first-order valence-corrected chi connectivity index (χ1v) is 8.19. The van der Waals surface area contributed by atoms with E-state index in [1.165, 1.54) is 6.20 Å². The summed E-state index contributed by atoms with van der Waals surface area (Å²) in [5.41, 5.74) is 0. The van der Waals surface area contributed by atoms with E-state index in [1.807, 2.05) is 14.1 Å². The van der Waals surface area contributed by atoms with Crippen molar-refractivity contribution in [3.63, 3.8) is 0 Å². The first-order valence-electron chi connectivity index (χ1n) is 6.75. The molecule has 1 aliphatic rings. The van der Waals surface area contributed by atoms with Gasteiger partial charge in [0.15, 0.2) is 0 Å². The van der Waals surface area contributed by atoms with Crippen LogP contribution in [0.15, 0.2) is 23.2 Å². The molecule has 1 aromatic heterocycles. The average molecular weight is 298 g/mol. The van der Waals surface area contributed by atoms with E-state index in [0.29, 0.717) is 23.8 Å². The number of sulfonamides is 1. The zero-order valence-electron chi connectivity index (χ0n) is 12.2. The van der Waals surface area contributed by atoms with Gasteiger partial charge in [-0.25, -0.2) is 13.4 Å². The predicted molar refractivity (Wildman–Crippen MR) is 79.3 cm³/mol. The molecule has 0 saturated carbocycles. The SMILES string of the molecule is CNc1cc(S(=O)(=O)N2CCCC(N(C)C)C2)ccn1. The lowest BCUT2D eigenvalue weighted by molar-refractivity contribution is 0.190. The highest BCUT2D eigenvalue weighted by Gasteiger charge is 2.31. The maximum atomic E-state index is 12.7. The molecule has 0 aromatic carbocycles. The largest absolute Gasteiger partial charge is 0.373 e. The lowest BCUT2D eigenvalue weighted by Crippen LogP contribution is -2.47. The highest BCUT2D eigenvalue weighted by Crippen LogP contribution is 2.23. The molecule has 2 heterocycles. The summed E-state index contributed by atoms with van der Waals surface area (Å²) in [7, 11) is 2.27. The Bertz CT molecular complexity index is 559. The number of hydrogen-bond donors (Lipinski definition) is 1. The van der Waals surface area contributed by atoms with Crippen molar-refractivity contribution in [2.45, 2.75) is 23.8 Å². The number of pyridine rings is 1. The van der Waals surface area contributed by atoms with Crippen molar-refractivity contribution in [3.8, 4) is 0 Å². The predicted octanol–water partition coefficient (Wildman–Crippen LogP) is 0.838. The first-order chi connectivity index (χ1) is 9.45. The molecule has 0 amide bonds. The van der Waals surface area contributed by atoms with Gasteiger partial charge in [-0.3, -0.25) is 0 Å². The second-order valence-corrected chi connectivity index (χ2v) is 7.19. The second kappa shape index (κ2) is 6.07. The van der Waals surface area contributed by atoms with Crippen molar-refractivity contribution >= 4 is 15.8 Å². The van der Waals surface area contributed by atoms with Crippen molar-refractivity contribution in [3.05, 3.63) is 18.3 Å². The standard InChI is InChI=1S/C13H22N4O2S/c1-14-13-9-12(6-7-15-13)20(18,19)17-8-4-5-11(10-17)16(2)3/h6-7,9,11H,4-5,8,10H2,1-3H3,(H,14,15). The van der Waals surface area contributed by atoms with Gasteiger partial charge in [0.2, 0.25) is 10.0 Å². The van der Waals surface area contributed by atoms with Crippen LogP contribution in [0.1, 0.15) is 12.8 Å². The molecule has 2 rings (SSSR count). The average Bonchev–Trinajstić information content (AvgIpc) is 2.47. The third kappa shape index (κ3) is 3.11. The molecule has 7 heteroatoms. The topological polar surface area (TPSA) is 65.5 Å². The van der Waals surface area contributed by atoms with E-state index >= 15 is 0 Å². The van der Waals surface area contributed by atoms with Gasteiger partial charge < -0.3 is 10.2 Å². The fraction of sp³-hybridized carbons (Fsp3) is 0.615. The highest BCUT2D eigenvalue weighted by atomic mass is 32.2. The number of hydrogen-bond acceptors (Lipinski definition) is 5.